The lowest BCUT2D eigenvalue weighted by Gasteiger charge is -2.21. The fourth-order valence-electron chi connectivity index (χ4n) is 2.19. The van der Waals surface area contributed by atoms with Crippen LogP contribution in [0.5, 0.6) is 0 Å². The number of amides is 2. The summed E-state index contributed by atoms with van der Waals surface area (Å²) in [5.41, 5.74) is -2.49. The van der Waals surface area contributed by atoms with Crippen molar-refractivity contribution in [2.45, 2.75) is 45.0 Å². The standard InChI is InChI=1S/C18H22F4N2O5/c1-17(2,3)29-16(27)23-9-14(25)24-13(8-15(26)28-4)10-5-6-12(19)11(7-10)18(20,21)22/h5-7,13H,8-9H2,1-4H3,(H,23,27)(H,24,25). The first-order valence-corrected chi connectivity index (χ1v) is 8.42. The van der Waals surface area contributed by atoms with Crippen LogP contribution in [-0.4, -0.2) is 37.2 Å². The number of carbonyl (C=O) groups is 3. The molecule has 7 nitrogen and oxygen atoms in total. The number of alkyl halides is 3. The Kier molecular flexibility index (Phi) is 7.98. The molecule has 0 aliphatic heterocycles. The summed E-state index contributed by atoms with van der Waals surface area (Å²) >= 11 is 0. The van der Waals surface area contributed by atoms with E-state index in [0.717, 1.165) is 13.2 Å². The van der Waals surface area contributed by atoms with E-state index in [1.165, 1.54) is 0 Å². The number of esters is 1. The Balaban J connectivity index is 2.96. The molecule has 0 spiro atoms. The van der Waals surface area contributed by atoms with Crippen molar-refractivity contribution < 1.29 is 41.4 Å². The number of carbonyl (C=O) groups excluding carboxylic acids is 3. The lowest BCUT2D eigenvalue weighted by molar-refractivity contribution is -0.141. The van der Waals surface area contributed by atoms with E-state index in [2.05, 4.69) is 15.4 Å². The molecule has 0 aromatic heterocycles. The van der Waals surface area contributed by atoms with E-state index in [9.17, 15) is 31.9 Å². The first-order valence-electron chi connectivity index (χ1n) is 8.42. The topological polar surface area (TPSA) is 93.7 Å². The van der Waals surface area contributed by atoms with Gasteiger partial charge in [0.25, 0.3) is 0 Å². The van der Waals surface area contributed by atoms with Crippen molar-refractivity contribution in [1.82, 2.24) is 10.6 Å². The second-order valence-electron chi connectivity index (χ2n) is 6.99. The zero-order valence-electron chi connectivity index (χ0n) is 16.3. The molecule has 1 aromatic carbocycles. The van der Waals surface area contributed by atoms with Gasteiger partial charge in [0.2, 0.25) is 5.91 Å². The minimum absolute atomic E-state index is 0.158. The van der Waals surface area contributed by atoms with E-state index in [4.69, 9.17) is 4.74 Å². The molecule has 0 heterocycles. The van der Waals surface area contributed by atoms with E-state index < -0.39 is 60.1 Å². The molecule has 0 radical (unpaired) electrons. The Hall–Kier alpha value is -2.85. The minimum Gasteiger partial charge on any atom is -0.469 e. The van der Waals surface area contributed by atoms with Gasteiger partial charge in [-0.1, -0.05) is 6.07 Å². The van der Waals surface area contributed by atoms with Gasteiger partial charge in [-0.05, 0) is 38.5 Å². The molecule has 1 unspecified atom stereocenters. The Bertz CT molecular complexity index is 760. The summed E-state index contributed by atoms with van der Waals surface area (Å²) in [4.78, 5) is 35.3. The third kappa shape index (κ3) is 8.36. The average molecular weight is 422 g/mol. The Morgan fingerprint density at radius 3 is 2.28 bits per heavy atom. The van der Waals surface area contributed by atoms with Crippen LogP contribution in [0.15, 0.2) is 18.2 Å². The van der Waals surface area contributed by atoms with Crippen molar-refractivity contribution in [1.29, 1.82) is 0 Å². The van der Waals surface area contributed by atoms with Crippen LogP contribution in [-0.2, 0) is 25.2 Å². The van der Waals surface area contributed by atoms with Crippen LogP contribution in [0.25, 0.3) is 0 Å². The van der Waals surface area contributed by atoms with Crippen molar-refractivity contribution >= 4 is 18.0 Å². The van der Waals surface area contributed by atoms with Crippen LogP contribution < -0.4 is 10.6 Å². The number of hydrogen-bond acceptors (Lipinski definition) is 5. The van der Waals surface area contributed by atoms with Crippen LogP contribution in [0.4, 0.5) is 22.4 Å². The van der Waals surface area contributed by atoms with Crippen LogP contribution in [0.1, 0.15) is 44.4 Å². The van der Waals surface area contributed by atoms with E-state index in [-0.39, 0.29) is 5.56 Å². The molecular weight excluding hydrogens is 400 g/mol. The highest BCUT2D eigenvalue weighted by molar-refractivity contribution is 5.83. The third-order valence-corrected chi connectivity index (χ3v) is 3.42. The van der Waals surface area contributed by atoms with E-state index in [1.807, 2.05) is 0 Å². The van der Waals surface area contributed by atoms with Crippen molar-refractivity contribution in [3.8, 4) is 0 Å². The molecule has 2 amide bonds. The highest BCUT2D eigenvalue weighted by atomic mass is 19.4. The molecule has 0 fully saturated rings. The van der Waals surface area contributed by atoms with Crippen molar-refractivity contribution in [3.63, 3.8) is 0 Å². The van der Waals surface area contributed by atoms with E-state index >= 15 is 0 Å². The average Bonchev–Trinajstić information content (AvgIpc) is 2.57. The van der Waals surface area contributed by atoms with Gasteiger partial charge in [0.15, 0.2) is 0 Å². The van der Waals surface area contributed by atoms with Gasteiger partial charge in [-0.2, -0.15) is 13.2 Å². The number of alkyl carbamates (subject to hydrolysis) is 1. The summed E-state index contributed by atoms with van der Waals surface area (Å²) in [6.07, 6.45) is -6.34. The lowest BCUT2D eigenvalue weighted by atomic mass is 10.0. The Labute approximate surface area is 164 Å². The number of rotatable bonds is 6. The lowest BCUT2D eigenvalue weighted by Crippen LogP contribution is -2.41. The molecule has 1 atom stereocenters. The summed E-state index contributed by atoms with van der Waals surface area (Å²) in [5.74, 6) is -3.10. The molecule has 0 saturated carbocycles. The number of methoxy groups -OCH3 is 1. The van der Waals surface area contributed by atoms with Gasteiger partial charge in [0, 0.05) is 0 Å². The first-order chi connectivity index (χ1) is 13.2. The van der Waals surface area contributed by atoms with Gasteiger partial charge in [0.05, 0.1) is 25.1 Å². The quantitative estimate of drug-likeness (QED) is 0.543. The maximum Gasteiger partial charge on any atom is 0.419 e. The first kappa shape index (κ1) is 24.2. The fraction of sp³-hybridized carbons (Fsp3) is 0.500. The van der Waals surface area contributed by atoms with Gasteiger partial charge >= 0.3 is 18.2 Å². The van der Waals surface area contributed by atoms with Crippen molar-refractivity contribution in [3.05, 3.63) is 35.1 Å². The number of ether oxygens (including phenoxy) is 2. The summed E-state index contributed by atoms with van der Waals surface area (Å²) in [6.45, 7) is 4.29. The maximum absolute atomic E-state index is 13.5. The molecule has 0 aliphatic rings. The second kappa shape index (κ2) is 9.57. The molecule has 29 heavy (non-hydrogen) atoms. The molecule has 0 bridgehead atoms. The van der Waals surface area contributed by atoms with Crippen molar-refractivity contribution in [2.75, 3.05) is 13.7 Å². The molecule has 0 saturated heterocycles. The smallest absolute Gasteiger partial charge is 0.419 e. The van der Waals surface area contributed by atoms with Gasteiger partial charge in [0.1, 0.15) is 18.0 Å². The van der Waals surface area contributed by atoms with Gasteiger partial charge in [-0.25, -0.2) is 9.18 Å². The molecule has 1 rings (SSSR count). The normalized spacial score (nSPS) is 12.7. The van der Waals surface area contributed by atoms with E-state index in [0.29, 0.717) is 12.1 Å². The number of halogens is 4. The van der Waals surface area contributed by atoms with E-state index in [1.54, 1.807) is 20.8 Å². The molecular formula is C18H22F4N2O5. The summed E-state index contributed by atoms with van der Waals surface area (Å²) in [6, 6.07) is 0.870. The maximum atomic E-state index is 13.5. The largest absolute Gasteiger partial charge is 0.469 e. The summed E-state index contributed by atoms with van der Waals surface area (Å²) < 4.78 is 61.8. The molecule has 1 aromatic rings. The van der Waals surface area contributed by atoms with Crippen LogP contribution in [0.2, 0.25) is 0 Å². The number of nitrogens with one attached hydrogen (secondary N) is 2. The SMILES string of the molecule is COC(=O)CC(NC(=O)CNC(=O)OC(C)(C)C)c1ccc(F)c(C(F)(F)F)c1. The Morgan fingerprint density at radius 1 is 1.14 bits per heavy atom. The predicted molar refractivity (Wildman–Crippen MR) is 93.2 cm³/mol. The highest BCUT2D eigenvalue weighted by Crippen LogP contribution is 2.33. The zero-order valence-corrected chi connectivity index (χ0v) is 16.3. The third-order valence-electron chi connectivity index (χ3n) is 3.42. The summed E-state index contributed by atoms with van der Waals surface area (Å²) in [5, 5.41) is 4.49. The Morgan fingerprint density at radius 2 is 1.76 bits per heavy atom. The summed E-state index contributed by atoms with van der Waals surface area (Å²) in [7, 11) is 1.07. The number of hydrogen-bond donors (Lipinski definition) is 2. The minimum atomic E-state index is -4.96. The predicted octanol–water partition coefficient (Wildman–Crippen LogP) is 3.09. The van der Waals surface area contributed by atoms with Gasteiger partial charge in [-0.15, -0.1) is 0 Å². The van der Waals surface area contributed by atoms with Gasteiger partial charge in [-0.3, -0.25) is 9.59 Å². The number of benzene rings is 1. The monoisotopic (exact) mass is 422 g/mol. The molecule has 0 aliphatic carbocycles. The fourth-order valence-corrected chi connectivity index (χ4v) is 2.19. The molecule has 2 N–H and O–H groups in total. The van der Waals surface area contributed by atoms with Gasteiger partial charge < -0.3 is 20.1 Å². The van der Waals surface area contributed by atoms with Crippen molar-refractivity contribution in [2.24, 2.45) is 0 Å². The molecule has 11 heteroatoms. The highest BCUT2D eigenvalue weighted by Gasteiger charge is 2.35. The zero-order chi connectivity index (χ0) is 22.4. The van der Waals surface area contributed by atoms with Crippen LogP contribution in [0, 0.1) is 5.82 Å². The molecule has 162 valence electrons. The van der Waals surface area contributed by atoms with Crippen LogP contribution in [0.3, 0.4) is 0 Å². The second-order valence-corrected chi connectivity index (χ2v) is 6.99. The van der Waals surface area contributed by atoms with Crippen LogP contribution >= 0.6 is 0 Å².